The number of nitrogen functional groups attached to an aromatic ring is 1. The smallest absolute Gasteiger partial charge is 0.354 e. The first-order chi connectivity index (χ1) is 8.56. The highest BCUT2D eigenvalue weighted by Crippen LogP contribution is 2.49. The van der Waals surface area contributed by atoms with Crippen LogP contribution >= 0.6 is 0 Å². The molecule has 0 amide bonds. The Labute approximate surface area is 106 Å². The van der Waals surface area contributed by atoms with Crippen molar-refractivity contribution in [3.05, 3.63) is 17.8 Å². The summed E-state index contributed by atoms with van der Waals surface area (Å²) in [6.45, 7) is 3.00. The van der Waals surface area contributed by atoms with E-state index in [9.17, 15) is 4.79 Å². The Bertz CT molecular complexity index is 456. The van der Waals surface area contributed by atoms with E-state index in [1.54, 1.807) is 6.07 Å². The Balaban J connectivity index is 2.04. The average molecular weight is 249 g/mol. The van der Waals surface area contributed by atoms with Gasteiger partial charge in [-0.2, -0.15) is 0 Å². The summed E-state index contributed by atoms with van der Waals surface area (Å²) in [7, 11) is 0. The molecule has 1 saturated carbocycles. The van der Waals surface area contributed by atoms with Gasteiger partial charge in [0, 0.05) is 6.54 Å². The Morgan fingerprint density at radius 3 is 2.83 bits per heavy atom. The first kappa shape index (κ1) is 12.7. The number of carbonyl (C=O) groups is 1. The van der Waals surface area contributed by atoms with Crippen molar-refractivity contribution in [3.63, 3.8) is 0 Å². The van der Waals surface area contributed by atoms with E-state index in [2.05, 4.69) is 17.2 Å². The molecule has 1 aromatic rings. The highest BCUT2D eigenvalue weighted by Gasteiger charge is 2.41. The summed E-state index contributed by atoms with van der Waals surface area (Å²) in [5.41, 5.74) is 6.69. The van der Waals surface area contributed by atoms with Crippen molar-refractivity contribution in [2.75, 3.05) is 17.6 Å². The summed E-state index contributed by atoms with van der Waals surface area (Å²) in [4.78, 5) is 14.9. The van der Waals surface area contributed by atoms with Gasteiger partial charge in [0.15, 0.2) is 5.69 Å². The third-order valence-corrected chi connectivity index (χ3v) is 3.51. The van der Waals surface area contributed by atoms with Gasteiger partial charge in [0.05, 0.1) is 5.69 Å². The van der Waals surface area contributed by atoms with Crippen molar-refractivity contribution in [1.82, 2.24) is 4.98 Å². The maximum atomic E-state index is 10.8. The topological polar surface area (TPSA) is 88.2 Å². The fourth-order valence-corrected chi connectivity index (χ4v) is 2.22. The van der Waals surface area contributed by atoms with E-state index in [-0.39, 0.29) is 5.69 Å². The van der Waals surface area contributed by atoms with Crippen molar-refractivity contribution in [3.8, 4) is 0 Å². The Hall–Kier alpha value is -1.78. The van der Waals surface area contributed by atoms with E-state index in [4.69, 9.17) is 10.8 Å². The van der Waals surface area contributed by atoms with Crippen LogP contribution in [0.4, 0.5) is 11.5 Å². The third-order valence-electron chi connectivity index (χ3n) is 3.51. The quantitative estimate of drug-likeness (QED) is 0.720. The number of aromatic nitrogens is 1. The summed E-state index contributed by atoms with van der Waals surface area (Å²) >= 11 is 0. The monoisotopic (exact) mass is 249 g/mol. The molecule has 1 aliphatic rings. The molecule has 1 aliphatic carbocycles. The Morgan fingerprint density at radius 1 is 1.56 bits per heavy atom. The molecule has 0 atom stereocenters. The molecule has 0 bridgehead atoms. The number of nitrogens with two attached hydrogens (primary N) is 1. The minimum absolute atomic E-state index is 0.0204. The SMILES string of the molecule is CCCC1(CNc2nc(C(=O)O)ccc2N)CC1. The van der Waals surface area contributed by atoms with Crippen LogP contribution in [0, 0.1) is 5.41 Å². The molecule has 4 N–H and O–H groups in total. The van der Waals surface area contributed by atoms with Gasteiger partial charge >= 0.3 is 5.97 Å². The highest BCUT2D eigenvalue weighted by atomic mass is 16.4. The second kappa shape index (κ2) is 4.84. The third kappa shape index (κ3) is 2.72. The van der Waals surface area contributed by atoms with Gasteiger partial charge in [-0.05, 0) is 36.8 Å². The fraction of sp³-hybridized carbons (Fsp3) is 0.538. The summed E-state index contributed by atoms with van der Waals surface area (Å²) in [5, 5.41) is 12.1. The molecule has 0 saturated heterocycles. The standard InChI is InChI=1S/C13H19N3O2/c1-2-5-13(6-7-13)8-15-11-9(14)3-4-10(16-11)12(17)18/h3-4H,2,5-8,14H2,1H3,(H,15,16)(H,17,18). The molecular weight excluding hydrogens is 230 g/mol. The number of hydrogen-bond donors (Lipinski definition) is 3. The van der Waals surface area contributed by atoms with Gasteiger partial charge in [-0.25, -0.2) is 9.78 Å². The van der Waals surface area contributed by atoms with Crippen LogP contribution in [0.5, 0.6) is 0 Å². The number of hydrogen-bond acceptors (Lipinski definition) is 4. The average Bonchev–Trinajstić information content (AvgIpc) is 3.08. The molecule has 2 rings (SSSR count). The van der Waals surface area contributed by atoms with E-state index in [1.165, 1.54) is 31.7 Å². The van der Waals surface area contributed by atoms with Crippen LogP contribution in [-0.2, 0) is 0 Å². The normalized spacial score (nSPS) is 16.3. The molecular formula is C13H19N3O2. The molecule has 18 heavy (non-hydrogen) atoms. The van der Waals surface area contributed by atoms with Crippen molar-refractivity contribution in [2.24, 2.45) is 5.41 Å². The molecule has 5 nitrogen and oxygen atoms in total. The lowest BCUT2D eigenvalue weighted by Gasteiger charge is -2.16. The molecule has 0 spiro atoms. The molecule has 1 heterocycles. The zero-order valence-electron chi connectivity index (χ0n) is 10.6. The van der Waals surface area contributed by atoms with Gasteiger partial charge in [0.25, 0.3) is 0 Å². The van der Waals surface area contributed by atoms with Crippen molar-refractivity contribution >= 4 is 17.5 Å². The van der Waals surface area contributed by atoms with E-state index in [1.807, 2.05) is 0 Å². The zero-order valence-corrected chi connectivity index (χ0v) is 10.6. The summed E-state index contributed by atoms with van der Waals surface area (Å²) in [6, 6.07) is 3.00. The largest absolute Gasteiger partial charge is 0.477 e. The molecule has 1 aromatic heterocycles. The fourth-order valence-electron chi connectivity index (χ4n) is 2.22. The minimum atomic E-state index is -1.03. The van der Waals surface area contributed by atoms with Crippen LogP contribution < -0.4 is 11.1 Å². The highest BCUT2D eigenvalue weighted by molar-refractivity contribution is 5.86. The second-order valence-corrected chi connectivity index (χ2v) is 5.04. The number of pyridine rings is 1. The number of anilines is 2. The Kier molecular flexibility index (Phi) is 3.41. The van der Waals surface area contributed by atoms with Crippen LogP contribution in [0.3, 0.4) is 0 Å². The summed E-state index contributed by atoms with van der Waals surface area (Å²) in [5.74, 6) is -0.551. The summed E-state index contributed by atoms with van der Waals surface area (Å²) in [6.07, 6.45) is 4.82. The number of rotatable bonds is 6. The van der Waals surface area contributed by atoms with Gasteiger partial charge in [0.1, 0.15) is 5.82 Å². The molecule has 0 aromatic carbocycles. The molecule has 98 valence electrons. The van der Waals surface area contributed by atoms with E-state index >= 15 is 0 Å². The molecule has 5 heteroatoms. The molecule has 1 fully saturated rings. The van der Waals surface area contributed by atoms with Crippen molar-refractivity contribution in [2.45, 2.75) is 32.6 Å². The van der Waals surface area contributed by atoms with E-state index in [0.717, 1.165) is 6.54 Å². The number of carboxylic acid groups (broad SMARTS) is 1. The number of nitrogens with one attached hydrogen (secondary N) is 1. The van der Waals surface area contributed by atoms with Crippen LogP contribution in [0.15, 0.2) is 12.1 Å². The Morgan fingerprint density at radius 2 is 2.28 bits per heavy atom. The van der Waals surface area contributed by atoms with Gasteiger partial charge in [-0.1, -0.05) is 13.3 Å². The lowest BCUT2D eigenvalue weighted by atomic mass is 10.0. The first-order valence-corrected chi connectivity index (χ1v) is 6.30. The van der Waals surface area contributed by atoms with E-state index in [0.29, 0.717) is 16.9 Å². The number of aromatic carboxylic acids is 1. The lowest BCUT2D eigenvalue weighted by molar-refractivity contribution is 0.0690. The maximum Gasteiger partial charge on any atom is 0.354 e. The van der Waals surface area contributed by atoms with E-state index < -0.39 is 5.97 Å². The predicted octanol–water partition coefficient (Wildman–Crippen LogP) is 2.35. The zero-order chi connectivity index (χ0) is 13.2. The van der Waals surface area contributed by atoms with Gasteiger partial charge in [0.2, 0.25) is 0 Å². The molecule has 0 aliphatic heterocycles. The van der Waals surface area contributed by atoms with Gasteiger partial charge in [-0.15, -0.1) is 0 Å². The van der Waals surface area contributed by atoms with Crippen LogP contribution in [0.25, 0.3) is 0 Å². The van der Waals surface area contributed by atoms with Crippen molar-refractivity contribution in [1.29, 1.82) is 0 Å². The van der Waals surface area contributed by atoms with Crippen LogP contribution in [0.1, 0.15) is 43.1 Å². The van der Waals surface area contributed by atoms with Crippen LogP contribution in [0.2, 0.25) is 0 Å². The molecule has 0 unspecified atom stereocenters. The maximum absolute atomic E-state index is 10.8. The van der Waals surface area contributed by atoms with Gasteiger partial charge < -0.3 is 16.2 Å². The minimum Gasteiger partial charge on any atom is -0.477 e. The van der Waals surface area contributed by atoms with Gasteiger partial charge in [-0.3, -0.25) is 0 Å². The molecule has 0 radical (unpaired) electrons. The van der Waals surface area contributed by atoms with Crippen LogP contribution in [-0.4, -0.2) is 22.6 Å². The number of carboxylic acids is 1. The lowest BCUT2D eigenvalue weighted by Crippen LogP contribution is -2.17. The van der Waals surface area contributed by atoms with Crippen molar-refractivity contribution < 1.29 is 9.90 Å². The summed E-state index contributed by atoms with van der Waals surface area (Å²) < 4.78 is 0. The first-order valence-electron chi connectivity index (χ1n) is 6.30. The number of nitrogens with zero attached hydrogens (tertiary/aromatic N) is 1. The predicted molar refractivity (Wildman–Crippen MR) is 70.7 cm³/mol. The second-order valence-electron chi connectivity index (χ2n) is 5.04.